The van der Waals surface area contributed by atoms with Crippen LogP contribution in [-0.4, -0.2) is 0 Å². The first kappa shape index (κ1) is 20.0. The largest absolute Gasteiger partial charge is 0.0622 e. The van der Waals surface area contributed by atoms with E-state index in [0.717, 1.165) is 6.42 Å². The van der Waals surface area contributed by atoms with E-state index < -0.39 is 0 Å². The van der Waals surface area contributed by atoms with Crippen LogP contribution in [0.4, 0.5) is 0 Å². The molecule has 0 nitrogen and oxygen atoms in total. The second-order valence-electron chi connectivity index (χ2n) is 8.22. The quantitative estimate of drug-likeness (QED) is 0.264. The lowest BCUT2D eigenvalue weighted by Gasteiger charge is -2.20. The van der Waals surface area contributed by atoms with Crippen molar-refractivity contribution in [1.82, 2.24) is 0 Å². The summed E-state index contributed by atoms with van der Waals surface area (Å²) < 4.78 is 0. The molecule has 0 aliphatic rings. The molecular weight excluding hydrogens is 384 g/mol. The highest BCUT2D eigenvalue weighted by molar-refractivity contribution is 5.66. The van der Waals surface area contributed by atoms with Gasteiger partial charge in [0.2, 0.25) is 0 Å². The van der Waals surface area contributed by atoms with E-state index in [1.54, 1.807) is 0 Å². The highest BCUT2D eigenvalue weighted by Gasteiger charge is 2.16. The molecule has 0 aliphatic carbocycles. The summed E-state index contributed by atoms with van der Waals surface area (Å²) in [4.78, 5) is 0. The van der Waals surface area contributed by atoms with Gasteiger partial charge in [-0.25, -0.2) is 0 Å². The number of hydrogen-bond acceptors (Lipinski definition) is 0. The summed E-state index contributed by atoms with van der Waals surface area (Å²) in [6.45, 7) is 0. The van der Waals surface area contributed by atoms with Crippen LogP contribution < -0.4 is 0 Å². The maximum Gasteiger partial charge on any atom is 0.0130 e. The van der Waals surface area contributed by atoms with Gasteiger partial charge in [0.05, 0.1) is 0 Å². The van der Waals surface area contributed by atoms with Gasteiger partial charge in [0.25, 0.3) is 0 Å². The molecule has 0 saturated carbocycles. The van der Waals surface area contributed by atoms with Crippen molar-refractivity contribution >= 4 is 0 Å². The van der Waals surface area contributed by atoms with Crippen molar-refractivity contribution in [3.8, 4) is 22.3 Å². The van der Waals surface area contributed by atoms with Gasteiger partial charge in [-0.15, -0.1) is 0 Å². The molecule has 1 atom stereocenters. The van der Waals surface area contributed by atoms with Crippen molar-refractivity contribution in [2.45, 2.75) is 12.3 Å². The molecule has 0 bridgehead atoms. The van der Waals surface area contributed by atoms with Crippen molar-refractivity contribution < 1.29 is 0 Å². The minimum atomic E-state index is 0.297. The lowest BCUT2D eigenvalue weighted by Crippen LogP contribution is -2.05. The molecule has 0 heterocycles. The Kier molecular flexibility index (Phi) is 5.94. The topological polar surface area (TPSA) is 0 Å². The average Bonchev–Trinajstić information content (AvgIpc) is 2.89. The first-order chi connectivity index (χ1) is 15.9. The Labute approximate surface area is 190 Å². The van der Waals surface area contributed by atoms with E-state index in [0.29, 0.717) is 5.92 Å². The molecule has 0 aromatic heterocycles. The van der Waals surface area contributed by atoms with E-state index in [-0.39, 0.29) is 0 Å². The molecule has 0 amide bonds. The van der Waals surface area contributed by atoms with Crippen LogP contribution in [0.5, 0.6) is 0 Å². The van der Waals surface area contributed by atoms with Gasteiger partial charge >= 0.3 is 0 Å². The molecule has 0 fully saturated rings. The summed E-state index contributed by atoms with van der Waals surface area (Å²) in [5, 5.41) is 0. The summed E-state index contributed by atoms with van der Waals surface area (Å²) in [5.41, 5.74) is 9.08. The van der Waals surface area contributed by atoms with Crippen LogP contribution in [0, 0.1) is 0 Å². The zero-order valence-corrected chi connectivity index (χ0v) is 18.1. The van der Waals surface area contributed by atoms with Gasteiger partial charge in [-0.3, -0.25) is 0 Å². The lowest BCUT2D eigenvalue weighted by atomic mass is 9.84. The Morgan fingerprint density at radius 3 is 1.50 bits per heavy atom. The maximum atomic E-state index is 2.36. The molecule has 0 radical (unpaired) electrons. The van der Waals surface area contributed by atoms with E-state index in [2.05, 4.69) is 140 Å². The summed E-state index contributed by atoms with van der Waals surface area (Å²) in [6, 6.07) is 50.1. The Morgan fingerprint density at radius 1 is 0.375 bits per heavy atom. The van der Waals surface area contributed by atoms with Crippen LogP contribution in [-0.2, 0) is 6.42 Å². The van der Waals surface area contributed by atoms with Crippen LogP contribution in [0.25, 0.3) is 22.3 Å². The zero-order valence-electron chi connectivity index (χ0n) is 18.1. The van der Waals surface area contributed by atoms with Gasteiger partial charge in [-0.05, 0) is 45.4 Å². The summed E-state index contributed by atoms with van der Waals surface area (Å²) >= 11 is 0. The Bertz CT molecular complexity index is 1250. The minimum absolute atomic E-state index is 0.297. The van der Waals surface area contributed by atoms with Crippen molar-refractivity contribution in [2.24, 2.45) is 0 Å². The third-order valence-electron chi connectivity index (χ3n) is 6.10. The molecule has 0 aliphatic heterocycles. The number of benzene rings is 5. The average molecular weight is 411 g/mol. The molecule has 0 spiro atoms. The maximum absolute atomic E-state index is 2.36. The number of hydrogen-bond donors (Lipinski definition) is 0. The van der Waals surface area contributed by atoms with Crippen molar-refractivity contribution in [2.75, 3.05) is 0 Å². The van der Waals surface area contributed by atoms with Gasteiger partial charge in [-0.2, -0.15) is 0 Å². The molecule has 0 saturated heterocycles. The van der Waals surface area contributed by atoms with Gasteiger partial charge < -0.3 is 0 Å². The molecular formula is C32H26. The Hall–Kier alpha value is -3.90. The van der Waals surface area contributed by atoms with Crippen LogP contribution >= 0.6 is 0 Å². The Balaban J connectivity index is 1.53. The second-order valence-corrected chi connectivity index (χ2v) is 8.22. The van der Waals surface area contributed by atoms with Crippen LogP contribution in [0.1, 0.15) is 22.6 Å². The zero-order chi connectivity index (χ0) is 21.6. The minimum Gasteiger partial charge on any atom is -0.0622 e. The van der Waals surface area contributed by atoms with Crippen molar-refractivity contribution in [3.05, 3.63) is 156 Å². The van der Waals surface area contributed by atoms with E-state index >= 15 is 0 Å². The summed E-state index contributed by atoms with van der Waals surface area (Å²) in [7, 11) is 0. The monoisotopic (exact) mass is 410 g/mol. The highest BCUT2D eigenvalue weighted by atomic mass is 14.2. The predicted molar refractivity (Wildman–Crippen MR) is 136 cm³/mol. The SMILES string of the molecule is c1ccc(CC(c2ccc(-c3ccccc3)cc2)c2cccc(-c3ccccc3)c2)cc1. The fourth-order valence-electron chi connectivity index (χ4n) is 4.38. The standard InChI is InChI=1S/C32H26/c1-4-11-25(12-5-1)23-32(29-21-19-28(20-22-29)26-13-6-2-7-14-26)31-18-10-17-30(24-31)27-15-8-3-9-16-27/h1-22,24,32H,23H2. The first-order valence-corrected chi connectivity index (χ1v) is 11.2. The third kappa shape index (κ3) is 4.55. The van der Waals surface area contributed by atoms with Gasteiger partial charge in [0.1, 0.15) is 0 Å². The smallest absolute Gasteiger partial charge is 0.0130 e. The highest BCUT2D eigenvalue weighted by Crippen LogP contribution is 2.33. The summed E-state index contributed by atoms with van der Waals surface area (Å²) in [5.74, 6) is 0.297. The van der Waals surface area contributed by atoms with Gasteiger partial charge in [0, 0.05) is 5.92 Å². The van der Waals surface area contributed by atoms with Crippen LogP contribution in [0.2, 0.25) is 0 Å². The Morgan fingerprint density at radius 2 is 0.875 bits per heavy atom. The molecule has 32 heavy (non-hydrogen) atoms. The molecule has 5 aromatic rings. The predicted octanol–water partition coefficient (Wildman–Crippen LogP) is 8.40. The molecule has 0 N–H and O–H groups in total. The van der Waals surface area contributed by atoms with Crippen LogP contribution in [0.3, 0.4) is 0 Å². The van der Waals surface area contributed by atoms with E-state index in [1.165, 1.54) is 38.9 Å². The fraction of sp³-hybridized carbons (Fsp3) is 0.0625. The lowest BCUT2D eigenvalue weighted by molar-refractivity contribution is 0.805. The molecule has 1 unspecified atom stereocenters. The summed E-state index contributed by atoms with van der Waals surface area (Å²) in [6.07, 6.45) is 0.976. The first-order valence-electron chi connectivity index (χ1n) is 11.2. The van der Waals surface area contributed by atoms with Crippen LogP contribution in [0.15, 0.2) is 140 Å². The van der Waals surface area contributed by atoms with Gasteiger partial charge in [0.15, 0.2) is 0 Å². The fourth-order valence-corrected chi connectivity index (χ4v) is 4.38. The van der Waals surface area contributed by atoms with E-state index in [9.17, 15) is 0 Å². The third-order valence-corrected chi connectivity index (χ3v) is 6.10. The van der Waals surface area contributed by atoms with Crippen molar-refractivity contribution in [1.29, 1.82) is 0 Å². The van der Waals surface area contributed by atoms with Crippen molar-refractivity contribution in [3.63, 3.8) is 0 Å². The van der Waals surface area contributed by atoms with E-state index in [1.807, 2.05) is 0 Å². The second kappa shape index (κ2) is 9.49. The molecule has 0 heteroatoms. The normalized spacial score (nSPS) is 11.8. The molecule has 5 rings (SSSR count). The van der Waals surface area contributed by atoms with Gasteiger partial charge in [-0.1, -0.05) is 140 Å². The molecule has 154 valence electrons. The van der Waals surface area contributed by atoms with E-state index in [4.69, 9.17) is 0 Å². The molecule has 5 aromatic carbocycles. The number of rotatable bonds is 6.